The third kappa shape index (κ3) is 4.48. The third-order valence-corrected chi connectivity index (χ3v) is 4.40. The van der Waals surface area contributed by atoms with Gasteiger partial charge in [0.1, 0.15) is 0 Å². The van der Waals surface area contributed by atoms with Crippen LogP contribution in [0.25, 0.3) is 0 Å². The van der Waals surface area contributed by atoms with Crippen molar-refractivity contribution in [3.63, 3.8) is 0 Å². The maximum absolute atomic E-state index is 11.2. The fraction of sp³-hybridized carbons (Fsp3) is 0.250. The van der Waals surface area contributed by atoms with E-state index in [4.69, 9.17) is 28.3 Å². The van der Waals surface area contributed by atoms with Crippen LogP contribution in [0.2, 0.25) is 5.02 Å². The Balaban J connectivity index is 2.80. The number of alkyl halides is 1. The van der Waals surface area contributed by atoms with E-state index in [0.29, 0.717) is 5.02 Å². The number of benzene rings is 1. The predicted molar refractivity (Wildman–Crippen MR) is 68.4 cm³/mol. The molecule has 0 aromatic heterocycles. The molecule has 8 heteroatoms. The molecule has 0 aliphatic carbocycles. The fourth-order valence-corrected chi connectivity index (χ4v) is 3.08. The summed E-state index contributed by atoms with van der Waals surface area (Å²) in [6.45, 7) is 0.160. The van der Waals surface area contributed by atoms with Crippen LogP contribution in [-0.2, 0) is 16.8 Å². The average Bonchev–Trinajstić information content (AvgIpc) is 2.19. The van der Waals surface area contributed by atoms with Crippen LogP contribution < -0.4 is 5.14 Å². The number of hydrogen-bond donors (Lipinski definition) is 1. The van der Waals surface area contributed by atoms with E-state index in [1.165, 1.54) is 0 Å². The first-order valence-corrected chi connectivity index (χ1v) is 7.53. The van der Waals surface area contributed by atoms with Gasteiger partial charge in [0.2, 0.25) is 0 Å². The largest absolute Gasteiger partial charge is 0.286 e. The van der Waals surface area contributed by atoms with Gasteiger partial charge >= 0.3 is 0 Å². The minimum absolute atomic E-state index is 0.115. The van der Waals surface area contributed by atoms with Crippen LogP contribution >= 0.6 is 35.1 Å². The van der Waals surface area contributed by atoms with E-state index in [1.807, 2.05) is 0 Å². The van der Waals surface area contributed by atoms with E-state index in [-0.39, 0.29) is 11.8 Å². The van der Waals surface area contributed by atoms with Crippen molar-refractivity contribution in [3.8, 4) is 0 Å². The molecule has 0 bridgehead atoms. The van der Waals surface area contributed by atoms with E-state index < -0.39 is 10.2 Å². The molecule has 0 fully saturated rings. The Bertz CT molecular complexity index is 436. The van der Waals surface area contributed by atoms with Gasteiger partial charge in [-0.15, -0.1) is 15.3 Å². The minimum atomic E-state index is -3.76. The van der Waals surface area contributed by atoms with Crippen molar-refractivity contribution >= 4 is 45.4 Å². The molecule has 0 atom stereocenters. The topological polar surface area (TPSA) is 63.4 Å². The highest BCUT2D eigenvalue weighted by atomic mass is 35.5. The normalized spacial score (nSPS) is 12.0. The van der Waals surface area contributed by atoms with Crippen LogP contribution in [-0.4, -0.2) is 17.3 Å². The predicted octanol–water partition coefficient (Wildman–Crippen LogP) is 2.19. The van der Waals surface area contributed by atoms with Crippen molar-refractivity contribution in [3.05, 3.63) is 34.9 Å². The quantitative estimate of drug-likeness (QED) is 0.670. The van der Waals surface area contributed by atoms with E-state index in [0.717, 1.165) is 21.2 Å². The van der Waals surface area contributed by atoms with Gasteiger partial charge in [0, 0.05) is 5.02 Å². The summed E-state index contributed by atoms with van der Waals surface area (Å²) in [6, 6.07) is 6.83. The monoisotopic (exact) mass is 300 g/mol. The van der Waals surface area contributed by atoms with Gasteiger partial charge < -0.3 is 0 Å². The maximum Gasteiger partial charge on any atom is 0.286 e. The molecule has 1 aromatic rings. The molecule has 0 amide bonds. The standard InChI is InChI=1S/C8H10Cl2N2O2S2/c9-6-15-12(16(11,13)14)5-7-1-3-8(10)4-2-7/h1-4H,5-6H2,(H2,11,13,14). The summed E-state index contributed by atoms with van der Waals surface area (Å²) in [4.78, 5) is 0. The second-order valence-electron chi connectivity index (χ2n) is 2.87. The Kier molecular flexibility index (Phi) is 5.36. The first-order valence-electron chi connectivity index (χ1n) is 4.17. The minimum Gasteiger partial charge on any atom is -0.215 e. The lowest BCUT2D eigenvalue weighted by atomic mass is 10.2. The molecule has 0 unspecified atom stereocenters. The van der Waals surface area contributed by atoms with Gasteiger partial charge in [0.25, 0.3) is 10.2 Å². The number of nitrogens with two attached hydrogens (primary N) is 1. The number of nitrogens with zero attached hydrogens (tertiary/aromatic N) is 1. The first-order chi connectivity index (χ1) is 7.43. The van der Waals surface area contributed by atoms with Gasteiger partial charge in [-0.1, -0.05) is 23.7 Å². The lowest BCUT2D eigenvalue weighted by Crippen LogP contribution is -2.30. The maximum atomic E-state index is 11.2. The molecular formula is C8H10Cl2N2O2S2. The molecule has 2 N–H and O–H groups in total. The molecular weight excluding hydrogens is 291 g/mol. The summed E-state index contributed by atoms with van der Waals surface area (Å²) in [6.07, 6.45) is 0. The van der Waals surface area contributed by atoms with Crippen molar-refractivity contribution in [2.45, 2.75) is 6.54 Å². The Morgan fingerprint density at radius 3 is 2.31 bits per heavy atom. The zero-order valence-corrected chi connectivity index (χ0v) is 11.3. The molecule has 4 nitrogen and oxygen atoms in total. The van der Waals surface area contributed by atoms with E-state index in [1.54, 1.807) is 24.3 Å². The molecule has 0 saturated heterocycles. The molecule has 0 radical (unpaired) electrons. The van der Waals surface area contributed by atoms with Crippen molar-refractivity contribution in [1.82, 2.24) is 3.71 Å². The highest BCUT2D eigenvalue weighted by Gasteiger charge is 2.17. The van der Waals surface area contributed by atoms with Gasteiger partial charge in [-0.25, -0.2) is 5.14 Å². The van der Waals surface area contributed by atoms with Gasteiger partial charge in [-0.05, 0) is 29.6 Å². The molecule has 90 valence electrons. The van der Waals surface area contributed by atoms with Gasteiger partial charge in [0.05, 0.1) is 11.8 Å². The molecule has 1 aromatic carbocycles. The van der Waals surface area contributed by atoms with Crippen LogP contribution in [0.4, 0.5) is 0 Å². The molecule has 16 heavy (non-hydrogen) atoms. The Labute approximate surface area is 109 Å². The number of halogens is 2. The van der Waals surface area contributed by atoms with E-state index in [9.17, 15) is 8.42 Å². The van der Waals surface area contributed by atoms with Crippen molar-refractivity contribution < 1.29 is 8.42 Å². The lowest BCUT2D eigenvalue weighted by Gasteiger charge is -2.16. The van der Waals surface area contributed by atoms with Crippen molar-refractivity contribution in [2.75, 3.05) is 5.21 Å². The van der Waals surface area contributed by atoms with E-state index >= 15 is 0 Å². The van der Waals surface area contributed by atoms with Crippen LogP contribution in [0.3, 0.4) is 0 Å². The summed E-state index contributed by atoms with van der Waals surface area (Å²) in [5, 5.41) is 5.74. The van der Waals surface area contributed by atoms with Crippen molar-refractivity contribution in [1.29, 1.82) is 0 Å². The smallest absolute Gasteiger partial charge is 0.215 e. The van der Waals surface area contributed by atoms with Gasteiger partial charge in [-0.3, -0.25) is 0 Å². The molecule has 0 aliphatic rings. The van der Waals surface area contributed by atoms with Gasteiger partial charge in [-0.2, -0.15) is 8.42 Å². The Hall–Kier alpha value is 0.0200. The summed E-state index contributed by atoms with van der Waals surface area (Å²) in [7, 11) is -3.76. The Morgan fingerprint density at radius 1 is 1.31 bits per heavy atom. The van der Waals surface area contributed by atoms with Crippen molar-refractivity contribution in [2.24, 2.45) is 5.14 Å². The van der Waals surface area contributed by atoms with Gasteiger partial charge in [0.15, 0.2) is 0 Å². The second kappa shape index (κ2) is 6.09. The third-order valence-electron chi connectivity index (χ3n) is 1.70. The van der Waals surface area contributed by atoms with E-state index in [2.05, 4.69) is 0 Å². The summed E-state index contributed by atoms with van der Waals surface area (Å²) >= 11 is 12.1. The fourth-order valence-electron chi connectivity index (χ4n) is 1.00. The summed E-state index contributed by atoms with van der Waals surface area (Å²) in [5.74, 6) is 0. The zero-order valence-electron chi connectivity index (χ0n) is 8.14. The molecule has 0 saturated carbocycles. The summed E-state index contributed by atoms with van der Waals surface area (Å²) in [5.41, 5.74) is 0.788. The SMILES string of the molecule is NS(=O)(=O)N(Cc1ccc(Cl)cc1)SCCl. The van der Waals surface area contributed by atoms with Crippen LogP contribution in [0.1, 0.15) is 5.56 Å². The number of hydrogen-bond acceptors (Lipinski definition) is 3. The van der Waals surface area contributed by atoms with Crippen LogP contribution in [0.5, 0.6) is 0 Å². The highest BCUT2D eigenvalue weighted by Crippen LogP contribution is 2.19. The second-order valence-corrected chi connectivity index (χ2v) is 6.58. The molecule has 0 heterocycles. The molecule has 0 spiro atoms. The first kappa shape index (κ1) is 14.1. The van der Waals surface area contributed by atoms with Crippen LogP contribution in [0.15, 0.2) is 24.3 Å². The Morgan fingerprint density at radius 2 is 1.88 bits per heavy atom. The highest BCUT2D eigenvalue weighted by molar-refractivity contribution is 8.08. The summed E-state index contributed by atoms with van der Waals surface area (Å²) < 4.78 is 23.4. The van der Waals surface area contributed by atoms with Crippen LogP contribution in [0, 0.1) is 0 Å². The molecule has 1 rings (SSSR count). The molecule has 0 aliphatic heterocycles. The average molecular weight is 301 g/mol. The zero-order chi connectivity index (χ0) is 12.2. The number of rotatable bonds is 5. The lowest BCUT2D eigenvalue weighted by molar-refractivity contribution is 0.542.